The summed E-state index contributed by atoms with van der Waals surface area (Å²) >= 11 is 12.1. The molecule has 0 saturated carbocycles. The zero-order valence-corrected chi connectivity index (χ0v) is 17.6. The minimum absolute atomic E-state index is 0.123. The van der Waals surface area contributed by atoms with Crippen LogP contribution < -0.4 is 5.32 Å². The number of benzene rings is 2. The second-order valence-corrected chi connectivity index (χ2v) is 9.71. The first-order chi connectivity index (χ1) is 13.3. The van der Waals surface area contributed by atoms with Gasteiger partial charge in [-0.05, 0) is 42.2 Å². The first-order valence-electron chi connectivity index (χ1n) is 9.08. The molecule has 0 radical (unpaired) electrons. The number of carbonyl (C=O) groups excluding carboxylic acids is 1. The lowest BCUT2D eigenvalue weighted by molar-refractivity contribution is -0.126. The Balaban J connectivity index is 1.61. The maximum absolute atomic E-state index is 12.8. The van der Waals surface area contributed by atoms with E-state index in [4.69, 9.17) is 23.2 Å². The van der Waals surface area contributed by atoms with Gasteiger partial charge >= 0.3 is 0 Å². The number of halogens is 2. The van der Waals surface area contributed by atoms with Gasteiger partial charge in [-0.3, -0.25) is 4.79 Å². The van der Waals surface area contributed by atoms with Crippen molar-refractivity contribution in [2.45, 2.75) is 25.1 Å². The lowest BCUT2D eigenvalue weighted by atomic mass is 9.99. The van der Waals surface area contributed by atoms with E-state index in [1.165, 1.54) is 4.31 Å². The summed E-state index contributed by atoms with van der Waals surface area (Å²) in [5, 5.41) is 3.97. The highest BCUT2D eigenvalue weighted by molar-refractivity contribution is 7.88. The van der Waals surface area contributed by atoms with Gasteiger partial charge < -0.3 is 5.32 Å². The second-order valence-electron chi connectivity index (χ2n) is 6.89. The summed E-state index contributed by atoms with van der Waals surface area (Å²) < 4.78 is 27.0. The minimum atomic E-state index is -3.52. The van der Waals surface area contributed by atoms with Gasteiger partial charge in [-0.1, -0.05) is 53.5 Å². The van der Waals surface area contributed by atoms with E-state index in [9.17, 15) is 13.2 Å². The number of nitrogens with zero attached hydrogens (tertiary/aromatic N) is 1. The summed E-state index contributed by atoms with van der Waals surface area (Å²) in [4.78, 5) is 12.6. The second kappa shape index (κ2) is 9.27. The molecule has 28 heavy (non-hydrogen) atoms. The third-order valence-corrected chi connectivity index (χ3v) is 7.22. The van der Waals surface area contributed by atoms with E-state index < -0.39 is 10.0 Å². The standard InChI is InChI=1S/C20H22Cl2N2O3S/c21-18-8-3-5-15(11-18)14-28(26,27)24-10-4-7-17(13-24)20(25)23-12-16-6-1-2-9-19(16)22/h1-3,5-6,8-9,11,17H,4,7,10,12-14H2,(H,23,25). The van der Waals surface area contributed by atoms with Gasteiger partial charge in [0.2, 0.25) is 15.9 Å². The van der Waals surface area contributed by atoms with Crippen molar-refractivity contribution < 1.29 is 13.2 Å². The van der Waals surface area contributed by atoms with Crippen LogP contribution in [-0.2, 0) is 27.1 Å². The zero-order valence-electron chi connectivity index (χ0n) is 15.3. The third kappa shape index (κ3) is 5.47. The quantitative estimate of drug-likeness (QED) is 0.741. The lowest BCUT2D eigenvalue weighted by Gasteiger charge is -2.31. The van der Waals surface area contributed by atoms with E-state index in [2.05, 4.69) is 5.32 Å². The molecule has 1 atom stereocenters. The Hall–Kier alpha value is -1.60. The minimum Gasteiger partial charge on any atom is -0.352 e. The summed E-state index contributed by atoms with van der Waals surface area (Å²) in [7, 11) is -3.52. The highest BCUT2D eigenvalue weighted by atomic mass is 35.5. The van der Waals surface area contributed by atoms with Crippen molar-refractivity contribution in [2.75, 3.05) is 13.1 Å². The SMILES string of the molecule is O=C(NCc1ccccc1Cl)C1CCCN(S(=O)(=O)Cc2cccc(Cl)c2)C1. The van der Waals surface area contributed by atoms with E-state index in [-0.39, 0.29) is 24.1 Å². The molecule has 1 aliphatic rings. The maximum atomic E-state index is 12.8. The van der Waals surface area contributed by atoms with Gasteiger partial charge in [0.05, 0.1) is 11.7 Å². The van der Waals surface area contributed by atoms with Crippen LogP contribution in [0, 0.1) is 5.92 Å². The summed E-state index contributed by atoms with van der Waals surface area (Å²) in [5.41, 5.74) is 1.47. The molecule has 3 rings (SSSR count). The van der Waals surface area contributed by atoms with E-state index >= 15 is 0 Å². The number of carbonyl (C=O) groups is 1. The van der Waals surface area contributed by atoms with Gasteiger partial charge in [-0.15, -0.1) is 0 Å². The van der Waals surface area contributed by atoms with Gasteiger partial charge in [0.1, 0.15) is 0 Å². The largest absolute Gasteiger partial charge is 0.352 e. The van der Waals surface area contributed by atoms with Crippen molar-refractivity contribution in [3.8, 4) is 0 Å². The Bertz CT molecular complexity index is 950. The molecule has 5 nitrogen and oxygen atoms in total. The van der Waals surface area contributed by atoms with E-state index in [0.29, 0.717) is 41.5 Å². The average Bonchev–Trinajstić information content (AvgIpc) is 2.67. The van der Waals surface area contributed by atoms with Crippen LogP contribution in [0.15, 0.2) is 48.5 Å². The van der Waals surface area contributed by atoms with Crippen LogP contribution in [0.1, 0.15) is 24.0 Å². The van der Waals surface area contributed by atoms with Gasteiger partial charge in [-0.2, -0.15) is 0 Å². The number of sulfonamides is 1. The normalized spacial score (nSPS) is 18.0. The van der Waals surface area contributed by atoms with Crippen LogP contribution >= 0.6 is 23.2 Å². The maximum Gasteiger partial charge on any atom is 0.224 e. The Morgan fingerprint density at radius 2 is 1.93 bits per heavy atom. The molecule has 1 aliphatic heterocycles. The van der Waals surface area contributed by atoms with Crippen LogP contribution in [0.25, 0.3) is 0 Å². The molecular weight excluding hydrogens is 419 g/mol. The molecule has 2 aromatic rings. The van der Waals surface area contributed by atoms with Crippen LogP contribution in [0.3, 0.4) is 0 Å². The lowest BCUT2D eigenvalue weighted by Crippen LogP contribution is -2.45. The highest BCUT2D eigenvalue weighted by Gasteiger charge is 2.32. The molecule has 1 amide bonds. The highest BCUT2D eigenvalue weighted by Crippen LogP contribution is 2.23. The molecule has 0 spiro atoms. The first-order valence-corrected chi connectivity index (χ1v) is 11.4. The first kappa shape index (κ1) is 21.1. The van der Waals surface area contributed by atoms with Crippen molar-refractivity contribution in [2.24, 2.45) is 5.92 Å². The summed E-state index contributed by atoms with van der Waals surface area (Å²) in [6, 6.07) is 14.1. The molecule has 1 N–H and O–H groups in total. The van der Waals surface area contributed by atoms with E-state index in [1.807, 2.05) is 18.2 Å². The molecular formula is C20H22Cl2N2O3S. The fourth-order valence-corrected chi connectivity index (χ4v) is 5.32. The molecule has 0 bridgehead atoms. The molecule has 1 unspecified atom stereocenters. The predicted octanol–water partition coefficient (Wildman–Crippen LogP) is 3.85. The van der Waals surface area contributed by atoms with E-state index in [0.717, 1.165) is 5.56 Å². The number of amides is 1. The summed E-state index contributed by atoms with van der Waals surface area (Å²) in [6.45, 7) is 0.943. The zero-order chi connectivity index (χ0) is 20.1. The van der Waals surface area contributed by atoms with Crippen molar-refractivity contribution in [1.29, 1.82) is 0 Å². The van der Waals surface area contributed by atoms with E-state index in [1.54, 1.807) is 30.3 Å². The third-order valence-electron chi connectivity index (χ3n) is 4.80. The van der Waals surface area contributed by atoms with Gasteiger partial charge in [0, 0.05) is 29.7 Å². The van der Waals surface area contributed by atoms with Crippen LogP contribution in [-0.4, -0.2) is 31.7 Å². The molecule has 150 valence electrons. The fraction of sp³-hybridized carbons (Fsp3) is 0.350. The van der Waals surface area contributed by atoms with Crippen LogP contribution in [0.5, 0.6) is 0 Å². The number of piperidine rings is 1. The number of hydrogen-bond acceptors (Lipinski definition) is 3. The van der Waals surface area contributed by atoms with Crippen molar-refractivity contribution in [3.63, 3.8) is 0 Å². The monoisotopic (exact) mass is 440 g/mol. The molecule has 1 fully saturated rings. The fourth-order valence-electron chi connectivity index (χ4n) is 3.31. The van der Waals surface area contributed by atoms with Gasteiger partial charge in [0.25, 0.3) is 0 Å². The van der Waals surface area contributed by atoms with Gasteiger partial charge in [-0.25, -0.2) is 12.7 Å². The Kier molecular flexibility index (Phi) is 6.99. The number of hydrogen-bond donors (Lipinski definition) is 1. The molecule has 2 aromatic carbocycles. The van der Waals surface area contributed by atoms with Crippen molar-refractivity contribution in [1.82, 2.24) is 9.62 Å². The smallest absolute Gasteiger partial charge is 0.224 e. The number of nitrogens with one attached hydrogen (secondary N) is 1. The topological polar surface area (TPSA) is 66.5 Å². The van der Waals surface area contributed by atoms with Crippen molar-refractivity contribution >= 4 is 39.1 Å². The molecule has 0 aromatic heterocycles. The van der Waals surface area contributed by atoms with Crippen LogP contribution in [0.2, 0.25) is 10.0 Å². The molecule has 0 aliphatic carbocycles. The average molecular weight is 441 g/mol. The van der Waals surface area contributed by atoms with Gasteiger partial charge in [0.15, 0.2) is 0 Å². The Morgan fingerprint density at radius 3 is 2.68 bits per heavy atom. The predicted molar refractivity (Wildman–Crippen MR) is 112 cm³/mol. The number of rotatable bonds is 6. The Morgan fingerprint density at radius 1 is 1.14 bits per heavy atom. The molecule has 1 heterocycles. The molecule has 8 heteroatoms. The Labute approximate surface area is 175 Å². The molecule has 1 saturated heterocycles. The van der Waals surface area contributed by atoms with Crippen LogP contribution in [0.4, 0.5) is 0 Å². The summed E-state index contributed by atoms with van der Waals surface area (Å²) in [6.07, 6.45) is 1.32. The summed E-state index contributed by atoms with van der Waals surface area (Å²) in [5.74, 6) is -0.644. The van der Waals surface area contributed by atoms with Crippen molar-refractivity contribution in [3.05, 3.63) is 69.7 Å².